The number of nitrogens with one attached hydrogen (secondary N) is 1. The normalized spacial score (nSPS) is 11.9. The van der Waals surface area contributed by atoms with Crippen LogP contribution in [-0.2, 0) is 24.3 Å². The first kappa shape index (κ1) is 20.6. The summed E-state index contributed by atoms with van der Waals surface area (Å²) in [5.41, 5.74) is -0.219. The molecular weight excluding hydrogens is 402 g/mol. The van der Waals surface area contributed by atoms with Crippen molar-refractivity contribution < 1.29 is 25.9 Å². The Morgan fingerprint density at radius 1 is 0.963 bits per heavy atom. The van der Waals surface area contributed by atoms with Crippen LogP contribution in [0.4, 0.5) is 11.4 Å². The Kier molecular flexibility index (Phi) is 6.32. The van der Waals surface area contributed by atoms with Crippen LogP contribution in [0.15, 0.2) is 63.5 Å². The highest BCUT2D eigenvalue weighted by Crippen LogP contribution is 2.18. The molecule has 144 valence electrons. The van der Waals surface area contributed by atoms with Crippen molar-refractivity contribution in [2.75, 3.05) is 13.2 Å². The number of benzene rings is 2. The predicted molar refractivity (Wildman–Crippen MR) is 93.3 cm³/mol. The van der Waals surface area contributed by atoms with Gasteiger partial charge in [0.1, 0.15) is 5.69 Å². The van der Waals surface area contributed by atoms with Gasteiger partial charge in [0.15, 0.2) is 0 Å². The van der Waals surface area contributed by atoms with E-state index in [-0.39, 0.29) is 27.7 Å². The minimum absolute atomic E-state index is 0.0616. The molecule has 0 bridgehead atoms. The van der Waals surface area contributed by atoms with E-state index in [1.165, 1.54) is 24.3 Å². The fourth-order valence-electron chi connectivity index (χ4n) is 1.90. The Morgan fingerprint density at radius 3 is 2.04 bits per heavy atom. The van der Waals surface area contributed by atoms with E-state index in [2.05, 4.69) is 9.90 Å². The number of hydrogen-bond acceptors (Lipinski definition) is 9. The van der Waals surface area contributed by atoms with Gasteiger partial charge in [0.2, 0.25) is 10.0 Å². The summed E-state index contributed by atoms with van der Waals surface area (Å²) in [7, 11) is -8.12. The van der Waals surface area contributed by atoms with Crippen LogP contribution >= 0.6 is 0 Å². The summed E-state index contributed by atoms with van der Waals surface area (Å²) >= 11 is 0. The summed E-state index contributed by atoms with van der Waals surface area (Å²) < 4.78 is 54.9. The van der Waals surface area contributed by atoms with Crippen molar-refractivity contribution in [2.24, 2.45) is 5.18 Å². The van der Waals surface area contributed by atoms with E-state index in [0.29, 0.717) is 0 Å². The molecule has 0 saturated carbocycles. The Labute approximate surface area is 154 Å². The number of nitro benzene ring substituents is 1. The summed E-state index contributed by atoms with van der Waals surface area (Å²) in [5, 5.41) is 13.2. The van der Waals surface area contributed by atoms with Gasteiger partial charge in [0.05, 0.1) is 21.3 Å². The van der Waals surface area contributed by atoms with E-state index in [1.807, 2.05) is 0 Å². The third-order valence-corrected chi connectivity index (χ3v) is 6.02. The predicted octanol–water partition coefficient (Wildman–Crippen LogP) is 1.68. The van der Waals surface area contributed by atoms with Crippen LogP contribution in [0.5, 0.6) is 0 Å². The molecule has 0 atom stereocenters. The Hall–Kier alpha value is -2.74. The van der Waals surface area contributed by atoms with Crippen LogP contribution in [-0.4, -0.2) is 34.9 Å². The summed E-state index contributed by atoms with van der Waals surface area (Å²) in [5.74, 6) is 0. The van der Waals surface area contributed by atoms with Gasteiger partial charge in [-0.1, -0.05) is 0 Å². The molecule has 0 aliphatic heterocycles. The molecular formula is C14H13N3O8S2. The van der Waals surface area contributed by atoms with E-state index in [4.69, 9.17) is 4.18 Å². The third kappa shape index (κ3) is 5.37. The molecule has 2 aromatic carbocycles. The zero-order chi connectivity index (χ0) is 20.1. The van der Waals surface area contributed by atoms with Gasteiger partial charge in [-0.3, -0.25) is 14.3 Å². The van der Waals surface area contributed by atoms with Crippen molar-refractivity contribution in [3.05, 3.63) is 63.6 Å². The maximum absolute atomic E-state index is 12.0. The molecule has 13 heteroatoms. The molecule has 27 heavy (non-hydrogen) atoms. The summed E-state index contributed by atoms with van der Waals surface area (Å²) in [4.78, 5) is 19.8. The highest BCUT2D eigenvalue weighted by atomic mass is 32.2. The van der Waals surface area contributed by atoms with Crippen molar-refractivity contribution in [3.8, 4) is 0 Å². The second kappa shape index (κ2) is 8.30. The maximum atomic E-state index is 12.0. The lowest BCUT2D eigenvalue weighted by molar-refractivity contribution is -0.384. The second-order valence-electron chi connectivity index (χ2n) is 5.01. The topological polar surface area (TPSA) is 162 Å². The number of nitrogens with zero attached hydrogens (tertiary/aromatic N) is 2. The van der Waals surface area contributed by atoms with Gasteiger partial charge in [-0.2, -0.15) is 8.42 Å². The molecule has 0 aliphatic rings. The number of nitro groups is 1. The van der Waals surface area contributed by atoms with Crippen molar-refractivity contribution in [1.82, 2.24) is 4.72 Å². The van der Waals surface area contributed by atoms with Crippen LogP contribution in [0, 0.1) is 15.0 Å². The van der Waals surface area contributed by atoms with Crippen LogP contribution in [0.2, 0.25) is 0 Å². The van der Waals surface area contributed by atoms with Crippen LogP contribution < -0.4 is 4.72 Å². The molecule has 0 unspecified atom stereocenters. The molecule has 2 rings (SSSR count). The number of nitroso groups, excluding NO2 is 1. The fraction of sp³-hybridized carbons (Fsp3) is 0.143. The van der Waals surface area contributed by atoms with Crippen molar-refractivity contribution in [3.63, 3.8) is 0 Å². The van der Waals surface area contributed by atoms with Crippen molar-refractivity contribution in [1.29, 1.82) is 0 Å². The first-order chi connectivity index (χ1) is 12.7. The lowest BCUT2D eigenvalue weighted by Crippen LogP contribution is -2.28. The molecule has 0 spiro atoms. The maximum Gasteiger partial charge on any atom is 0.297 e. The Bertz CT molecular complexity index is 1030. The van der Waals surface area contributed by atoms with E-state index in [1.54, 1.807) is 0 Å². The minimum Gasteiger partial charge on any atom is -0.265 e. The van der Waals surface area contributed by atoms with E-state index < -0.39 is 31.7 Å². The lowest BCUT2D eigenvalue weighted by atomic mass is 10.3. The Balaban J connectivity index is 1.94. The van der Waals surface area contributed by atoms with Crippen molar-refractivity contribution in [2.45, 2.75) is 9.79 Å². The zero-order valence-electron chi connectivity index (χ0n) is 13.5. The smallest absolute Gasteiger partial charge is 0.265 e. The standard InChI is InChI=1S/C14H13N3O8S2/c18-16-11-1-5-13(6-2-11)26(21,22)15-9-10-25-27(23,24)14-7-3-12(4-8-14)17(19)20/h1-8,15H,9-10H2. The van der Waals surface area contributed by atoms with Gasteiger partial charge < -0.3 is 0 Å². The SMILES string of the molecule is O=Nc1ccc(S(=O)(=O)NCCOS(=O)(=O)c2ccc([N+](=O)[O-])cc2)cc1. The largest absolute Gasteiger partial charge is 0.297 e. The average Bonchev–Trinajstić information content (AvgIpc) is 2.65. The van der Waals surface area contributed by atoms with Crippen LogP contribution in [0.1, 0.15) is 0 Å². The summed E-state index contributed by atoms with van der Waals surface area (Å²) in [6, 6.07) is 8.84. The number of hydrogen-bond donors (Lipinski definition) is 1. The molecule has 0 heterocycles. The molecule has 0 radical (unpaired) electrons. The van der Waals surface area contributed by atoms with Gasteiger partial charge in [0, 0.05) is 18.7 Å². The van der Waals surface area contributed by atoms with Crippen molar-refractivity contribution >= 4 is 31.5 Å². The van der Waals surface area contributed by atoms with Gasteiger partial charge in [-0.05, 0) is 41.6 Å². The molecule has 0 fully saturated rings. The molecule has 11 nitrogen and oxygen atoms in total. The molecule has 0 aromatic heterocycles. The number of non-ortho nitro benzene ring substituents is 1. The van der Waals surface area contributed by atoms with Gasteiger partial charge in [0.25, 0.3) is 15.8 Å². The molecule has 2 aromatic rings. The molecule has 0 amide bonds. The number of sulfonamides is 1. The monoisotopic (exact) mass is 415 g/mol. The third-order valence-electron chi connectivity index (χ3n) is 3.22. The minimum atomic E-state index is -4.20. The molecule has 1 N–H and O–H groups in total. The van der Waals surface area contributed by atoms with Gasteiger partial charge in [-0.25, -0.2) is 13.1 Å². The highest BCUT2D eigenvalue weighted by Gasteiger charge is 2.18. The highest BCUT2D eigenvalue weighted by molar-refractivity contribution is 7.89. The van der Waals surface area contributed by atoms with Crippen LogP contribution in [0.25, 0.3) is 0 Å². The second-order valence-corrected chi connectivity index (χ2v) is 8.39. The summed E-state index contributed by atoms with van der Waals surface area (Å²) in [6.45, 7) is -0.839. The van der Waals surface area contributed by atoms with E-state index in [9.17, 15) is 31.9 Å². The Morgan fingerprint density at radius 2 is 1.52 bits per heavy atom. The molecule has 0 aliphatic carbocycles. The first-order valence-corrected chi connectivity index (χ1v) is 10.1. The quantitative estimate of drug-likeness (QED) is 0.213. The first-order valence-electron chi connectivity index (χ1n) is 7.23. The molecule has 0 saturated heterocycles. The number of rotatable bonds is 9. The summed E-state index contributed by atoms with van der Waals surface area (Å²) in [6.07, 6.45) is 0. The fourth-order valence-corrected chi connectivity index (χ4v) is 3.82. The van der Waals surface area contributed by atoms with Gasteiger partial charge >= 0.3 is 0 Å². The van der Waals surface area contributed by atoms with E-state index in [0.717, 1.165) is 24.3 Å². The lowest BCUT2D eigenvalue weighted by Gasteiger charge is -2.08. The average molecular weight is 415 g/mol. The zero-order valence-corrected chi connectivity index (χ0v) is 15.1. The van der Waals surface area contributed by atoms with Crippen LogP contribution in [0.3, 0.4) is 0 Å². The van der Waals surface area contributed by atoms with E-state index >= 15 is 0 Å². The van der Waals surface area contributed by atoms with Gasteiger partial charge in [-0.15, -0.1) is 4.91 Å².